The van der Waals surface area contributed by atoms with E-state index < -0.39 is 35.8 Å². The molecule has 10 nitrogen and oxygen atoms in total. The molecule has 1 aliphatic heterocycles. The highest BCUT2D eigenvalue weighted by molar-refractivity contribution is 6.10. The quantitative estimate of drug-likeness (QED) is 0.0328. The Balaban J connectivity index is 1.10. The lowest BCUT2D eigenvalue weighted by atomic mass is 10.1. The van der Waals surface area contributed by atoms with E-state index in [2.05, 4.69) is 27.7 Å². The second-order valence-corrected chi connectivity index (χ2v) is 13.1. The minimum absolute atomic E-state index is 0.00259. The van der Waals surface area contributed by atoms with Crippen molar-refractivity contribution in [3.05, 3.63) is 108 Å². The van der Waals surface area contributed by atoms with Crippen molar-refractivity contribution in [1.82, 2.24) is 5.43 Å². The number of halogens is 6. The molecule has 0 saturated carbocycles. The number of rotatable bonds is 18. The average Bonchev–Trinajstić information content (AvgIpc) is 3.19. The number of anilines is 2. The topological polar surface area (TPSA) is 110 Å². The van der Waals surface area contributed by atoms with Gasteiger partial charge in [-0.25, -0.2) is 9.59 Å². The second kappa shape index (κ2) is 19.8. The van der Waals surface area contributed by atoms with Crippen LogP contribution in [-0.2, 0) is 6.18 Å². The van der Waals surface area contributed by atoms with E-state index in [1.165, 1.54) is 87.8 Å². The largest absolute Gasteiger partial charge is 0.494 e. The summed E-state index contributed by atoms with van der Waals surface area (Å²) in [5, 5.41) is 12.3. The summed E-state index contributed by atoms with van der Waals surface area (Å²) in [6.45, 7) is 2.89. The van der Waals surface area contributed by atoms with Crippen LogP contribution in [0.3, 0.4) is 0 Å². The molecule has 2 amide bonds. The molecule has 5 rings (SSSR count). The van der Waals surface area contributed by atoms with Crippen molar-refractivity contribution in [2.75, 3.05) is 16.6 Å². The molecule has 57 heavy (non-hydrogen) atoms. The van der Waals surface area contributed by atoms with E-state index in [9.17, 15) is 35.9 Å². The molecular weight excluding hydrogens is 754 g/mol. The summed E-state index contributed by atoms with van der Waals surface area (Å²) in [6.07, 6.45) is 2.77. The predicted molar refractivity (Wildman–Crippen MR) is 203 cm³/mol. The molecule has 4 aromatic rings. The van der Waals surface area contributed by atoms with Gasteiger partial charge in [0.05, 0.1) is 40.5 Å². The maximum Gasteiger partial charge on any atom is 0.455 e. The van der Waals surface area contributed by atoms with Gasteiger partial charge in [-0.05, 0) is 103 Å². The Morgan fingerprint density at radius 2 is 1.11 bits per heavy atom. The van der Waals surface area contributed by atoms with Crippen LogP contribution in [0.25, 0.3) is 0 Å². The van der Waals surface area contributed by atoms with E-state index in [-0.39, 0.29) is 22.7 Å². The van der Waals surface area contributed by atoms with Crippen molar-refractivity contribution in [1.29, 1.82) is 0 Å². The zero-order valence-electron chi connectivity index (χ0n) is 31.1. The lowest BCUT2D eigenvalue weighted by molar-refractivity contribution is -0.137. The Morgan fingerprint density at radius 1 is 0.614 bits per heavy atom. The number of azo groups is 1. The molecule has 0 aromatic heterocycles. The second-order valence-electron chi connectivity index (χ2n) is 13.1. The van der Waals surface area contributed by atoms with E-state index >= 15 is 0 Å². The molecule has 0 bridgehead atoms. The first-order chi connectivity index (χ1) is 27.3. The maximum atomic E-state index is 13.7. The number of alkyl halides is 6. The molecule has 0 N–H and O–H groups in total. The molecule has 0 saturated heterocycles. The van der Waals surface area contributed by atoms with Gasteiger partial charge in [-0.15, -0.1) is 10.5 Å². The predicted octanol–water partition coefficient (Wildman–Crippen LogP) is 12.5. The standard InChI is InChI=1S/C41H41F6N6O4/c1-2-3-4-5-6-7-8-9-10-11-28-56-35-24-18-32(19-25-35)49-48-31-16-12-29(13-17-31)37(54)57-36-26-22-34(23-27-36)53-39(55)52(50-38(51-53)41(45,46)47)33-20-14-30(15-21-33)40(42,43)44/h12-27H,2-11,28H2,1H3. The zero-order chi connectivity index (χ0) is 40.8. The fraction of sp³-hybridized carbons (Fsp3) is 0.341. The van der Waals surface area contributed by atoms with Gasteiger partial charge in [-0.2, -0.15) is 46.6 Å². The number of carbonyl (C=O) groups is 2. The SMILES string of the molecule is CCCCCCCCCCCCOc1ccc(N=Nc2ccc(C(=O)Oc3ccc(N4[N]C(C(F)(F)F)=NN(c5ccc(C(F)(F)F)cc5)C4=O)cc3)cc2)cc1. The van der Waals surface area contributed by atoms with E-state index in [1.54, 1.807) is 24.3 Å². The Labute approximate surface area is 326 Å². The van der Waals surface area contributed by atoms with Gasteiger partial charge in [0.1, 0.15) is 11.5 Å². The van der Waals surface area contributed by atoms with Crippen molar-refractivity contribution in [3.8, 4) is 11.5 Å². The smallest absolute Gasteiger partial charge is 0.455 e. The van der Waals surface area contributed by atoms with Gasteiger partial charge < -0.3 is 9.47 Å². The highest BCUT2D eigenvalue weighted by Crippen LogP contribution is 2.33. The van der Waals surface area contributed by atoms with Gasteiger partial charge in [0.2, 0.25) is 0 Å². The van der Waals surface area contributed by atoms with Crippen LogP contribution in [-0.4, -0.2) is 30.6 Å². The number of hydrogen-bond donors (Lipinski definition) is 0. The van der Waals surface area contributed by atoms with Crippen molar-refractivity contribution >= 4 is 40.6 Å². The number of hydrogen-bond acceptors (Lipinski definition) is 7. The number of amides is 2. The maximum absolute atomic E-state index is 13.7. The summed E-state index contributed by atoms with van der Waals surface area (Å²) in [5.74, 6) is -1.72. The third-order valence-corrected chi connectivity index (χ3v) is 8.72. The Morgan fingerprint density at radius 3 is 1.65 bits per heavy atom. The Hall–Kier alpha value is -5.93. The van der Waals surface area contributed by atoms with E-state index in [0.717, 1.165) is 30.7 Å². The number of benzene rings is 4. The van der Waals surface area contributed by atoms with Gasteiger partial charge in [0.25, 0.3) is 5.84 Å². The summed E-state index contributed by atoms with van der Waals surface area (Å²) >= 11 is 0. The van der Waals surface area contributed by atoms with Gasteiger partial charge in [-0.1, -0.05) is 64.7 Å². The number of ether oxygens (including phenoxy) is 2. The summed E-state index contributed by atoms with van der Waals surface area (Å²) in [6, 6.07) is 19.8. The number of hydrazone groups is 1. The van der Waals surface area contributed by atoms with Crippen LogP contribution in [0.2, 0.25) is 0 Å². The number of esters is 1. The monoisotopic (exact) mass is 795 g/mol. The molecule has 1 aliphatic rings. The first-order valence-electron chi connectivity index (χ1n) is 18.6. The van der Waals surface area contributed by atoms with Crippen molar-refractivity contribution < 1.29 is 45.4 Å². The lowest BCUT2D eigenvalue weighted by Gasteiger charge is -2.32. The van der Waals surface area contributed by atoms with E-state index in [4.69, 9.17) is 9.47 Å². The third kappa shape index (κ3) is 12.5. The van der Waals surface area contributed by atoms with Crippen molar-refractivity contribution in [3.63, 3.8) is 0 Å². The number of carbonyl (C=O) groups excluding carboxylic acids is 2. The molecular formula is C41H41F6N6O4. The van der Waals surface area contributed by atoms with Gasteiger partial charge in [0, 0.05) is 0 Å². The summed E-state index contributed by atoms with van der Waals surface area (Å²) < 4.78 is 91.3. The normalized spacial score (nSPS) is 13.5. The lowest BCUT2D eigenvalue weighted by Crippen LogP contribution is -2.55. The van der Waals surface area contributed by atoms with Crippen molar-refractivity contribution in [2.24, 2.45) is 15.3 Å². The van der Waals surface area contributed by atoms with E-state index in [0.29, 0.717) is 40.1 Å². The number of amidine groups is 1. The third-order valence-electron chi connectivity index (χ3n) is 8.72. The minimum atomic E-state index is -5.11. The van der Waals surface area contributed by atoms with Gasteiger partial charge in [0.15, 0.2) is 0 Å². The molecule has 0 unspecified atom stereocenters. The number of nitrogens with zero attached hydrogens (tertiary/aromatic N) is 6. The number of urea groups is 1. The van der Waals surface area contributed by atoms with Crippen molar-refractivity contribution in [2.45, 2.75) is 83.5 Å². The van der Waals surface area contributed by atoms with Crippen LogP contribution in [0, 0.1) is 0 Å². The summed E-state index contributed by atoms with van der Waals surface area (Å²) in [7, 11) is 0. The molecule has 0 aliphatic carbocycles. The Kier molecular flexibility index (Phi) is 14.7. The van der Waals surface area contributed by atoms with Crippen LogP contribution < -0.4 is 24.9 Å². The fourth-order valence-corrected chi connectivity index (χ4v) is 5.62. The average molecular weight is 796 g/mol. The van der Waals surface area contributed by atoms with E-state index in [1.807, 2.05) is 12.1 Å². The molecule has 1 radical (unpaired) electrons. The van der Waals surface area contributed by atoms with Gasteiger partial charge in [-0.3, -0.25) is 0 Å². The Bertz CT molecular complexity index is 1970. The number of unbranched alkanes of at least 4 members (excludes halogenated alkanes) is 9. The highest BCUT2D eigenvalue weighted by atomic mass is 19.4. The zero-order valence-corrected chi connectivity index (χ0v) is 31.1. The van der Waals surface area contributed by atoms with Crippen LogP contribution >= 0.6 is 0 Å². The van der Waals surface area contributed by atoms with Crippen LogP contribution in [0.1, 0.15) is 87.1 Å². The molecule has 301 valence electrons. The first-order valence-corrected chi connectivity index (χ1v) is 18.6. The van der Waals surface area contributed by atoms with Crippen LogP contribution in [0.5, 0.6) is 11.5 Å². The molecule has 16 heteroatoms. The molecule has 0 fully saturated rings. The molecule has 4 aromatic carbocycles. The highest BCUT2D eigenvalue weighted by Gasteiger charge is 2.45. The first kappa shape index (κ1) is 42.2. The molecule has 0 atom stereocenters. The van der Waals surface area contributed by atoms with Gasteiger partial charge >= 0.3 is 24.4 Å². The molecule has 0 spiro atoms. The summed E-state index contributed by atoms with van der Waals surface area (Å²) in [4.78, 5) is 26.0. The van der Waals surface area contributed by atoms with Crippen LogP contribution in [0.15, 0.2) is 112 Å². The molecule has 1 heterocycles. The minimum Gasteiger partial charge on any atom is -0.494 e. The fourth-order valence-electron chi connectivity index (χ4n) is 5.62. The summed E-state index contributed by atoms with van der Waals surface area (Å²) in [5.41, 5.74) is 2.96. The van der Waals surface area contributed by atoms with Crippen LogP contribution in [0.4, 0.5) is 53.9 Å².